The molecule has 2 aliphatic rings. The van der Waals surface area contributed by atoms with Crippen LogP contribution in [0.4, 0.5) is 0 Å². The summed E-state index contributed by atoms with van der Waals surface area (Å²) in [4.78, 5) is 0. The molecule has 0 radical (unpaired) electrons. The molecule has 1 N–H and O–H groups in total. The van der Waals surface area contributed by atoms with Gasteiger partial charge in [-0.25, -0.2) is 0 Å². The Hall–Kier alpha value is -0.760. The van der Waals surface area contributed by atoms with Gasteiger partial charge in [0.05, 0.1) is 12.6 Å². The maximum absolute atomic E-state index is 5.55. The molecule has 0 saturated carbocycles. The molecule has 2 nitrogen and oxygen atoms in total. The van der Waals surface area contributed by atoms with Gasteiger partial charge in [-0.3, -0.25) is 0 Å². The molecule has 0 bridgehead atoms. The van der Waals surface area contributed by atoms with E-state index in [1.807, 2.05) is 0 Å². The molecule has 11 heavy (non-hydrogen) atoms. The van der Waals surface area contributed by atoms with Crippen molar-refractivity contribution in [1.29, 1.82) is 0 Å². The topological polar surface area (TPSA) is 21.3 Å². The largest absolute Gasteiger partial charge is 0.496 e. The zero-order valence-electron chi connectivity index (χ0n) is 6.55. The van der Waals surface area contributed by atoms with Crippen molar-refractivity contribution in [3.8, 4) is 0 Å². The van der Waals surface area contributed by atoms with E-state index in [1.54, 1.807) is 0 Å². The van der Waals surface area contributed by atoms with E-state index in [2.05, 4.69) is 23.5 Å². The zero-order chi connectivity index (χ0) is 7.52. The molecule has 1 aliphatic carbocycles. The van der Waals surface area contributed by atoms with Gasteiger partial charge in [-0.05, 0) is 25.5 Å². The van der Waals surface area contributed by atoms with E-state index in [9.17, 15) is 0 Å². The monoisotopic (exact) mass is 151 g/mol. The summed E-state index contributed by atoms with van der Waals surface area (Å²) in [5.74, 6) is 1.12. The van der Waals surface area contributed by atoms with Crippen molar-refractivity contribution in [2.75, 3.05) is 13.2 Å². The molecule has 1 saturated heterocycles. The summed E-state index contributed by atoms with van der Waals surface area (Å²) >= 11 is 0. The average molecular weight is 151 g/mol. The molecule has 0 amide bonds. The second kappa shape index (κ2) is 3.09. The fourth-order valence-electron chi connectivity index (χ4n) is 1.48. The SMILES string of the molecule is C1=CCC2NCCCOC2=C1. The molecular formula is C9H13NO. The summed E-state index contributed by atoms with van der Waals surface area (Å²) in [7, 11) is 0. The average Bonchev–Trinajstić information content (AvgIpc) is 2.28. The Morgan fingerprint density at radius 3 is 3.55 bits per heavy atom. The molecule has 2 heteroatoms. The first kappa shape index (κ1) is 6.92. The number of ether oxygens (including phenoxy) is 1. The third-order valence-corrected chi connectivity index (χ3v) is 2.09. The van der Waals surface area contributed by atoms with Gasteiger partial charge in [-0.15, -0.1) is 0 Å². The fourth-order valence-corrected chi connectivity index (χ4v) is 1.48. The third kappa shape index (κ3) is 1.46. The van der Waals surface area contributed by atoms with Crippen molar-refractivity contribution in [3.05, 3.63) is 24.0 Å². The molecule has 1 aliphatic heterocycles. The summed E-state index contributed by atoms with van der Waals surface area (Å²) in [6.45, 7) is 1.94. The van der Waals surface area contributed by atoms with Gasteiger partial charge in [0.2, 0.25) is 0 Å². The van der Waals surface area contributed by atoms with E-state index in [0.29, 0.717) is 6.04 Å². The lowest BCUT2D eigenvalue weighted by atomic mass is 10.1. The summed E-state index contributed by atoms with van der Waals surface area (Å²) in [5.41, 5.74) is 0. The van der Waals surface area contributed by atoms with Gasteiger partial charge in [0, 0.05) is 0 Å². The highest BCUT2D eigenvalue weighted by Crippen LogP contribution is 2.16. The standard InChI is InChI=1S/C9H13NO/c1-2-5-9-8(4-1)10-6-3-7-11-9/h1-2,5,8,10H,3-4,6-7H2. The number of rotatable bonds is 0. The molecule has 1 fully saturated rings. The highest BCUT2D eigenvalue weighted by atomic mass is 16.5. The van der Waals surface area contributed by atoms with E-state index >= 15 is 0 Å². The van der Waals surface area contributed by atoms with Crippen molar-refractivity contribution in [3.63, 3.8) is 0 Å². The van der Waals surface area contributed by atoms with Crippen molar-refractivity contribution in [1.82, 2.24) is 5.32 Å². The van der Waals surface area contributed by atoms with E-state index in [0.717, 1.165) is 31.8 Å². The maximum atomic E-state index is 5.55. The van der Waals surface area contributed by atoms with Crippen LogP contribution in [-0.2, 0) is 4.74 Å². The predicted molar refractivity (Wildman–Crippen MR) is 44.2 cm³/mol. The van der Waals surface area contributed by atoms with Gasteiger partial charge >= 0.3 is 0 Å². The van der Waals surface area contributed by atoms with Crippen LogP contribution < -0.4 is 5.32 Å². The smallest absolute Gasteiger partial charge is 0.113 e. The summed E-state index contributed by atoms with van der Waals surface area (Å²) in [5, 5.41) is 3.44. The maximum Gasteiger partial charge on any atom is 0.113 e. The molecular weight excluding hydrogens is 138 g/mol. The number of hydrogen-bond donors (Lipinski definition) is 1. The van der Waals surface area contributed by atoms with Gasteiger partial charge in [0.25, 0.3) is 0 Å². The molecule has 1 atom stereocenters. The molecule has 0 aromatic carbocycles. The fraction of sp³-hybridized carbons (Fsp3) is 0.556. The Morgan fingerprint density at radius 1 is 1.55 bits per heavy atom. The molecule has 2 rings (SSSR count). The van der Waals surface area contributed by atoms with E-state index in [1.165, 1.54) is 0 Å². The van der Waals surface area contributed by atoms with E-state index in [4.69, 9.17) is 4.74 Å². The molecule has 0 aromatic heterocycles. The quantitative estimate of drug-likeness (QED) is 0.562. The number of fused-ring (bicyclic) bond motifs is 1. The second-order valence-electron chi connectivity index (χ2n) is 2.94. The first-order chi connectivity index (χ1) is 5.47. The summed E-state index contributed by atoms with van der Waals surface area (Å²) in [6.07, 6.45) is 8.50. The van der Waals surface area contributed by atoms with Crippen molar-refractivity contribution in [2.45, 2.75) is 18.9 Å². The molecule has 1 heterocycles. The minimum absolute atomic E-state index is 0.447. The number of hydrogen-bond acceptors (Lipinski definition) is 2. The summed E-state index contributed by atoms with van der Waals surface area (Å²) in [6, 6.07) is 0.447. The highest BCUT2D eigenvalue weighted by molar-refractivity contribution is 5.19. The van der Waals surface area contributed by atoms with E-state index < -0.39 is 0 Å². The van der Waals surface area contributed by atoms with Gasteiger partial charge in [0.1, 0.15) is 5.76 Å². The van der Waals surface area contributed by atoms with E-state index in [-0.39, 0.29) is 0 Å². The summed E-state index contributed by atoms with van der Waals surface area (Å²) < 4.78 is 5.55. The normalized spacial score (nSPS) is 29.8. The van der Waals surface area contributed by atoms with Crippen molar-refractivity contribution >= 4 is 0 Å². The molecule has 0 aromatic rings. The van der Waals surface area contributed by atoms with Crippen LogP contribution in [0.5, 0.6) is 0 Å². The van der Waals surface area contributed by atoms with Crippen molar-refractivity contribution in [2.24, 2.45) is 0 Å². The van der Waals surface area contributed by atoms with Gasteiger partial charge in [0.15, 0.2) is 0 Å². The Morgan fingerprint density at radius 2 is 2.55 bits per heavy atom. The third-order valence-electron chi connectivity index (χ3n) is 2.09. The van der Waals surface area contributed by atoms with Gasteiger partial charge < -0.3 is 10.1 Å². The first-order valence-electron chi connectivity index (χ1n) is 4.20. The first-order valence-corrected chi connectivity index (χ1v) is 4.20. The van der Waals surface area contributed by atoms with Crippen LogP contribution in [0.25, 0.3) is 0 Å². The lowest BCUT2D eigenvalue weighted by Crippen LogP contribution is -2.30. The lowest BCUT2D eigenvalue weighted by molar-refractivity contribution is 0.204. The Balaban J connectivity index is 2.11. The van der Waals surface area contributed by atoms with Crippen molar-refractivity contribution < 1.29 is 4.74 Å². The van der Waals surface area contributed by atoms with Crippen LogP contribution in [0.1, 0.15) is 12.8 Å². The van der Waals surface area contributed by atoms with Gasteiger partial charge in [-0.2, -0.15) is 0 Å². The minimum atomic E-state index is 0.447. The Kier molecular flexibility index (Phi) is 1.95. The van der Waals surface area contributed by atoms with Crippen LogP contribution in [-0.4, -0.2) is 19.2 Å². The number of nitrogens with one attached hydrogen (secondary N) is 1. The lowest BCUT2D eigenvalue weighted by Gasteiger charge is -2.18. The molecule has 0 spiro atoms. The Bertz CT molecular complexity index is 196. The highest BCUT2D eigenvalue weighted by Gasteiger charge is 2.17. The molecule has 1 unspecified atom stereocenters. The van der Waals surface area contributed by atoms with Gasteiger partial charge in [-0.1, -0.05) is 12.2 Å². The van der Waals surface area contributed by atoms with Crippen LogP contribution in [0.2, 0.25) is 0 Å². The minimum Gasteiger partial charge on any atom is -0.496 e. The molecule has 60 valence electrons. The van der Waals surface area contributed by atoms with Crippen LogP contribution >= 0.6 is 0 Å². The van der Waals surface area contributed by atoms with Crippen LogP contribution in [0.15, 0.2) is 24.0 Å². The second-order valence-corrected chi connectivity index (χ2v) is 2.94. The zero-order valence-corrected chi connectivity index (χ0v) is 6.55. The Labute approximate surface area is 66.9 Å². The van der Waals surface area contributed by atoms with Crippen LogP contribution in [0, 0.1) is 0 Å². The van der Waals surface area contributed by atoms with Crippen LogP contribution in [0.3, 0.4) is 0 Å². The predicted octanol–water partition coefficient (Wildman–Crippen LogP) is 1.21. The number of allylic oxidation sites excluding steroid dienone is 2.